The normalized spacial score (nSPS) is 12.6. The first kappa shape index (κ1) is 13.7. The number of unbranched alkanes of at least 4 members (excludes halogenated alkanes) is 1. The Hall–Kier alpha value is -1.35. The summed E-state index contributed by atoms with van der Waals surface area (Å²) >= 11 is 0. The summed E-state index contributed by atoms with van der Waals surface area (Å²) in [6, 6.07) is 9.58. The van der Waals surface area contributed by atoms with Crippen molar-refractivity contribution in [2.45, 2.75) is 39.3 Å². The first-order valence-corrected chi connectivity index (χ1v) is 6.16. The van der Waals surface area contributed by atoms with E-state index in [1.165, 1.54) is 0 Å². The van der Waals surface area contributed by atoms with Crippen molar-refractivity contribution in [3.05, 3.63) is 35.9 Å². The van der Waals surface area contributed by atoms with Gasteiger partial charge < -0.3 is 5.11 Å². The molecule has 0 saturated carbocycles. The largest absolute Gasteiger partial charge is 0.480 e. The molecule has 0 bridgehead atoms. The van der Waals surface area contributed by atoms with E-state index in [4.69, 9.17) is 5.11 Å². The van der Waals surface area contributed by atoms with Crippen LogP contribution in [0, 0.1) is 0 Å². The number of carbonyl (C=O) groups is 1. The third kappa shape index (κ3) is 4.57. The average molecular weight is 235 g/mol. The van der Waals surface area contributed by atoms with Gasteiger partial charge in [-0.1, -0.05) is 43.7 Å². The molecule has 3 heteroatoms. The number of hydrogen-bond donors (Lipinski definition) is 1. The Morgan fingerprint density at radius 2 is 2.00 bits per heavy atom. The molecule has 94 valence electrons. The lowest BCUT2D eigenvalue weighted by atomic mass is 10.1. The summed E-state index contributed by atoms with van der Waals surface area (Å²) in [6.45, 7) is 5.40. The zero-order valence-corrected chi connectivity index (χ0v) is 10.6. The molecular weight excluding hydrogens is 214 g/mol. The molecule has 1 N–H and O–H groups in total. The Balaban J connectivity index is 2.66. The maximum Gasteiger partial charge on any atom is 0.320 e. The summed E-state index contributed by atoms with van der Waals surface area (Å²) in [5.41, 5.74) is 1.16. The lowest BCUT2D eigenvalue weighted by Crippen LogP contribution is -2.39. The highest BCUT2D eigenvalue weighted by molar-refractivity contribution is 5.72. The molecule has 1 aromatic rings. The Bertz CT molecular complexity index is 337. The minimum absolute atomic E-state index is 0.429. The molecule has 0 spiro atoms. The smallest absolute Gasteiger partial charge is 0.320 e. The second-order valence-corrected chi connectivity index (χ2v) is 4.32. The van der Waals surface area contributed by atoms with Gasteiger partial charge in [-0.15, -0.1) is 0 Å². The number of rotatable bonds is 7. The second kappa shape index (κ2) is 7.07. The van der Waals surface area contributed by atoms with Crippen LogP contribution >= 0.6 is 0 Å². The molecule has 0 saturated heterocycles. The lowest BCUT2D eigenvalue weighted by Gasteiger charge is -2.26. The van der Waals surface area contributed by atoms with Gasteiger partial charge in [0, 0.05) is 6.54 Å². The monoisotopic (exact) mass is 235 g/mol. The van der Waals surface area contributed by atoms with Crippen LogP contribution in [0.5, 0.6) is 0 Å². The number of hydrogen-bond acceptors (Lipinski definition) is 2. The highest BCUT2D eigenvalue weighted by atomic mass is 16.4. The molecule has 0 amide bonds. The molecule has 1 aromatic carbocycles. The van der Waals surface area contributed by atoms with Gasteiger partial charge in [-0.25, -0.2) is 0 Å². The van der Waals surface area contributed by atoms with Crippen molar-refractivity contribution in [1.29, 1.82) is 0 Å². The zero-order valence-electron chi connectivity index (χ0n) is 10.6. The van der Waals surface area contributed by atoms with Gasteiger partial charge in [-0.2, -0.15) is 0 Å². The Kier molecular flexibility index (Phi) is 5.70. The van der Waals surface area contributed by atoms with Crippen molar-refractivity contribution in [3.8, 4) is 0 Å². The van der Waals surface area contributed by atoms with Gasteiger partial charge >= 0.3 is 5.97 Å². The molecule has 0 aliphatic carbocycles. The van der Waals surface area contributed by atoms with E-state index >= 15 is 0 Å². The van der Waals surface area contributed by atoms with Crippen LogP contribution in [0.1, 0.15) is 32.3 Å². The third-order valence-corrected chi connectivity index (χ3v) is 2.93. The van der Waals surface area contributed by atoms with Gasteiger partial charge in [0.25, 0.3) is 0 Å². The minimum atomic E-state index is -0.753. The van der Waals surface area contributed by atoms with Crippen LogP contribution in [0.25, 0.3) is 0 Å². The number of aliphatic carboxylic acids is 1. The fourth-order valence-electron chi connectivity index (χ4n) is 1.74. The van der Waals surface area contributed by atoms with Crippen LogP contribution in [0.2, 0.25) is 0 Å². The standard InChI is InChI=1S/C14H21NO2/c1-3-4-10-15(12(2)14(16)17)11-13-8-6-5-7-9-13/h5-9,12H,3-4,10-11H2,1-2H3,(H,16,17). The van der Waals surface area contributed by atoms with E-state index < -0.39 is 12.0 Å². The van der Waals surface area contributed by atoms with Crippen LogP contribution in [0.3, 0.4) is 0 Å². The van der Waals surface area contributed by atoms with Gasteiger partial charge in [0.05, 0.1) is 0 Å². The van der Waals surface area contributed by atoms with E-state index in [2.05, 4.69) is 6.92 Å². The summed E-state index contributed by atoms with van der Waals surface area (Å²) < 4.78 is 0. The molecular formula is C14H21NO2. The highest BCUT2D eigenvalue weighted by Crippen LogP contribution is 2.10. The van der Waals surface area contributed by atoms with E-state index in [-0.39, 0.29) is 0 Å². The summed E-state index contributed by atoms with van der Waals surface area (Å²) in [7, 11) is 0. The Labute approximate surface area is 103 Å². The predicted molar refractivity (Wildman–Crippen MR) is 68.9 cm³/mol. The van der Waals surface area contributed by atoms with Crippen molar-refractivity contribution >= 4 is 5.97 Å². The van der Waals surface area contributed by atoms with Crippen LogP contribution in [0.15, 0.2) is 30.3 Å². The molecule has 0 heterocycles. The SMILES string of the molecule is CCCCN(Cc1ccccc1)C(C)C(=O)O. The second-order valence-electron chi connectivity index (χ2n) is 4.32. The van der Waals surface area contributed by atoms with Crippen LogP contribution in [-0.2, 0) is 11.3 Å². The van der Waals surface area contributed by atoms with Gasteiger partial charge in [-0.3, -0.25) is 9.69 Å². The average Bonchev–Trinajstić information content (AvgIpc) is 2.34. The van der Waals surface area contributed by atoms with Gasteiger partial charge in [0.1, 0.15) is 6.04 Å². The summed E-state index contributed by atoms with van der Waals surface area (Å²) in [6.07, 6.45) is 2.11. The lowest BCUT2D eigenvalue weighted by molar-refractivity contribution is -0.142. The van der Waals surface area contributed by atoms with Gasteiger partial charge in [0.15, 0.2) is 0 Å². The Morgan fingerprint density at radius 1 is 1.35 bits per heavy atom. The van der Waals surface area contributed by atoms with E-state index in [1.807, 2.05) is 35.2 Å². The van der Waals surface area contributed by atoms with Crippen molar-refractivity contribution in [2.75, 3.05) is 6.54 Å². The molecule has 0 fully saturated rings. The van der Waals surface area contributed by atoms with E-state index in [0.717, 1.165) is 24.9 Å². The number of benzene rings is 1. The molecule has 3 nitrogen and oxygen atoms in total. The third-order valence-electron chi connectivity index (χ3n) is 2.93. The van der Waals surface area contributed by atoms with E-state index in [1.54, 1.807) is 6.92 Å². The van der Waals surface area contributed by atoms with Crippen LogP contribution in [-0.4, -0.2) is 28.6 Å². The van der Waals surface area contributed by atoms with Gasteiger partial charge in [0.2, 0.25) is 0 Å². The number of nitrogens with zero attached hydrogens (tertiary/aromatic N) is 1. The topological polar surface area (TPSA) is 40.5 Å². The van der Waals surface area contributed by atoms with Crippen LogP contribution < -0.4 is 0 Å². The van der Waals surface area contributed by atoms with Crippen LogP contribution in [0.4, 0.5) is 0 Å². The first-order valence-electron chi connectivity index (χ1n) is 6.16. The van der Waals surface area contributed by atoms with Crippen molar-refractivity contribution in [2.24, 2.45) is 0 Å². The summed E-state index contributed by atoms with van der Waals surface area (Å²) in [4.78, 5) is 13.1. The van der Waals surface area contributed by atoms with Crippen molar-refractivity contribution < 1.29 is 9.90 Å². The fraction of sp³-hybridized carbons (Fsp3) is 0.500. The molecule has 0 aliphatic rings. The maximum absolute atomic E-state index is 11.1. The molecule has 0 aromatic heterocycles. The zero-order chi connectivity index (χ0) is 12.7. The molecule has 0 radical (unpaired) electrons. The van der Waals surface area contributed by atoms with Crippen molar-refractivity contribution in [1.82, 2.24) is 4.90 Å². The number of carboxylic acid groups (broad SMARTS) is 1. The minimum Gasteiger partial charge on any atom is -0.480 e. The predicted octanol–water partition coefficient (Wildman–Crippen LogP) is 2.76. The van der Waals surface area contributed by atoms with Gasteiger partial charge in [-0.05, 0) is 25.5 Å². The summed E-state index contributed by atoms with van der Waals surface area (Å²) in [5, 5.41) is 9.09. The molecule has 0 aliphatic heterocycles. The Morgan fingerprint density at radius 3 is 2.53 bits per heavy atom. The molecule has 1 rings (SSSR count). The fourth-order valence-corrected chi connectivity index (χ4v) is 1.74. The molecule has 17 heavy (non-hydrogen) atoms. The maximum atomic E-state index is 11.1. The highest BCUT2D eigenvalue weighted by Gasteiger charge is 2.19. The van der Waals surface area contributed by atoms with Crippen molar-refractivity contribution in [3.63, 3.8) is 0 Å². The molecule has 1 unspecified atom stereocenters. The van der Waals surface area contributed by atoms with E-state index in [9.17, 15) is 4.79 Å². The van der Waals surface area contributed by atoms with E-state index in [0.29, 0.717) is 6.54 Å². The summed E-state index contributed by atoms with van der Waals surface area (Å²) in [5.74, 6) is -0.753. The number of carboxylic acids is 1. The first-order chi connectivity index (χ1) is 8.15. The molecule has 1 atom stereocenters. The quantitative estimate of drug-likeness (QED) is 0.790.